The second-order valence-electron chi connectivity index (χ2n) is 12.0. The Kier molecular flexibility index (Phi) is 20.8. The van der Waals surface area contributed by atoms with E-state index < -0.39 is 13.9 Å². The minimum absolute atomic E-state index is 0.0561. The molecule has 2 atom stereocenters. The van der Waals surface area contributed by atoms with E-state index in [9.17, 15) is 14.3 Å². The minimum atomic E-state index is -4.39. The summed E-state index contributed by atoms with van der Waals surface area (Å²) < 4.78 is 22.4. The smallest absolute Gasteiger partial charge is 0.314 e. The number of nitrogens with two attached hydrogens (primary N) is 1. The molecule has 2 N–H and O–H groups in total. The Hall–Kier alpha value is -0.660. The molecule has 0 saturated carbocycles. The van der Waals surface area contributed by atoms with Crippen LogP contribution in [0.5, 0.6) is 0 Å². The molecule has 37 heavy (non-hydrogen) atoms. The monoisotopic (exact) mass is 549 g/mol. The van der Waals surface area contributed by atoms with Gasteiger partial charge < -0.3 is 29.1 Å². The van der Waals surface area contributed by atoms with E-state index in [0.717, 1.165) is 25.2 Å². The number of nitrogens with zero attached hydrogens (tertiary/aromatic N) is 2. The molecule has 0 heterocycles. The van der Waals surface area contributed by atoms with E-state index >= 15 is 0 Å². The fourth-order valence-electron chi connectivity index (χ4n) is 4.35. The zero-order valence-corrected chi connectivity index (χ0v) is 25.9. The van der Waals surface area contributed by atoms with E-state index in [0.29, 0.717) is 23.5 Å². The average Bonchev–Trinajstić information content (AvgIpc) is 2.78. The molecule has 2 unspecified atom stereocenters. The third kappa shape index (κ3) is 24.1. The lowest BCUT2D eigenvalue weighted by atomic mass is 9.94. The zero-order chi connectivity index (χ0) is 28.2. The van der Waals surface area contributed by atoms with E-state index in [4.69, 9.17) is 14.8 Å². The van der Waals surface area contributed by atoms with Gasteiger partial charge in [-0.1, -0.05) is 104 Å². The third-order valence-electron chi connectivity index (χ3n) is 6.96. The van der Waals surface area contributed by atoms with Gasteiger partial charge in [-0.25, -0.2) is 4.79 Å². The number of quaternary nitrogens is 1. The summed E-state index contributed by atoms with van der Waals surface area (Å²) >= 11 is 0. The summed E-state index contributed by atoms with van der Waals surface area (Å²) in [5, 5.41) is 0. The summed E-state index contributed by atoms with van der Waals surface area (Å²) in [5.41, 5.74) is 5.52. The molecule has 0 bridgehead atoms. The molecule has 0 spiro atoms. The van der Waals surface area contributed by atoms with Crippen LogP contribution in [0.25, 0.3) is 0 Å². The maximum absolute atomic E-state index is 11.9. The van der Waals surface area contributed by atoms with Crippen molar-refractivity contribution in [2.75, 3.05) is 54.0 Å². The van der Waals surface area contributed by atoms with E-state index in [-0.39, 0.29) is 19.8 Å². The molecule has 0 radical (unpaired) electrons. The number of carbonyl (C=O) groups excluding carboxylic acids is 1. The first-order valence-electron chi connectivity index (χ1n) is 14.8. The SMILES string of the molecule is CCC(CCCCCCCCCCCCC(C)C)CCN(CCOP(=O)([O-])OCC[N+](C)(C)C)C(N)=O. The fraction of sp³-hybridized carbons (Fsp3) is 0.964. The third-order valence-corrected chi connectivity index (χ3v) is 7.96. The Balaban J connectivity index is 3.98. The van der Waals surface area contributed by atoms with Gasteiger partial charge in [-0.2, -0.15) is 0 Å². The van der Waals surface area contributed by atoms with Gasteiger partial charge in [0.15, 0.2) is 0 Å². The van der Waals surface area contributed by atoms with Crippen LogP contribution < -0.4 is 10.6 Å². The van der Waals surface area contributed by atoms with Crippen LogP contribution in [-0.4, -0.2) is 69.4 Å². The summed E-state index contributed by atoms with van der Waals surface area (Å²) in [6, 6.07) is -0.551. The summed E-state index contributed by atoms with van der Waals surface area (Å²) in [5.74, 6) is 1.38. The van der Waals surface area contributed by atoms with Gasteiger partial charge in [0.2, 0.25) is 0 Å². The molecule has 0 aliphatic heterocycles. The Morgan fingerprint density at radius 1 is 0.838 bits per heavy atom. The topological polar surface area (TPSA) is 105 Å². The van der Waals surface area contributed by atoms with E-state index in [2.05, 4.69) is 20.8 Å². The highest BCUT2D eigenvalue weighted by molar-refractivity contribution is 7.45. The maximum Gasteiger partial charge on any atom is 0.314 e. The molecule has 9 heteroatoms. The quantitative estimate of drug-likeness (QED) is 0.0814. The van der Waals surface area contributed by atoms with Crippen molar-refractivity contribution in [3.8, 4) is 0 Å². The normalized spacial score (nSPS) is 14.6. The number of likely N-dealkylation sites (N-methyl/N-ethyl adjacent to an activating group) is 1. The van der Waals surface area contributed by atoms with Crippen molar-refractivity contribution in [1.29, 1.82) is 0 Å². The van der Waals surface area contributed by atoms with Crippen molar-refractivity contribution < 1.29 is 27.8 Å². The summed E-state index contributed by atoms with van der Waals surface area (Å²) in [6.07, 6.45) is 17.9. The molecular weight excluding hydrogens is 489 g/mol. The highest BCUT2D eigenvalue weighted by Gasteiger charge is 2.17. The lowest BCUT2D eigenvalue weighted by Crippen LogP contribution is -2.39. The largest absolute Gasteiger partial charge is 0.756 e. The Bertz CT molecular complexity index is 613. The summed E-state index contributed by atoms with van der Waals surface area (Å²) in [7, 11) is 1.47. The lowest BCUT2D eigenvalue weighted by molar-refractivity contribution is -0.870. The van der Waals surface area contributed by atoms with Gasteiger partial charge in [-0.05, 0) is 18.3 Å². The van der Waals surface area contributed by atoms with Crippen molar-refractivity contribution in [3.63, 3.8) is 0 Å². The molecule has 0 saturated heterocycles. The van der Waals surface area contributed by atoms with Crippen molar-refractivity contribution in [1.82, 2.24) is 4.90 Å². The van der Waals surface area contributed by atoms with Crippen molar-refractivity contribution in [2.24, 2.45) is 17.6 Å². The Labute approximate surface area is 228 Å². The number of carbonyl (C=O) groups is 1. The molecule has 0 rings (SSSR count). The van der Waals surface area contributed by atoms with Gasteiger partial charge in [-0.3, -0.25) is 4.57 Å². The number of hydrogen-bond acceptors (Lipinski definition) is 5. The summed E-state index contributed by atoms with van der Waals surface area (Å²) in [6.45, 7) is 7.89. The van der Waals surface area contributed by atoms with Gasteiger partial charge in [0.05, 0.1) is 27.7 Å². The number of hydrogen-bond donors (Lipinski definition) is 1. The van der Waals surface area contributed by atoms with E-state index in [1.807, 2.05) is 21.1 Å². The predicted octanol–water partition coefficient (Wildman–Crippen LogP) is 6.33. The fourth-order valence-corrected chi connectivity index (χ4v) is 5.03. The Morgan fingerprint density at radius 2 is 1.32 bits per heavy atom. The van der Waals surface area contributed by atoms with Crippen LogP contribution in [0.1, 0.15) is 111 Å². The zero-order valence-electron chi connectivity index (χ0n) is 25.0. The highest BCUT2D eigenvalue weighted by atomic mass is 31.2. The van der Waals surface area contributed by atoms with Crippen LogP contribution >= 0.6 is 7.82 Å². The first kappa shape index (κ1) is 36.3. The minimum Gasteiger partial charge on any atom is -0.756 e. The van der Waals surface area contributed by atoms with Crippen LogP contribution in [0.15, 0.2) is 0 Å². The standard InChI is InChI=1S/C28H60N3O5P/c1-7-27(19-17-15-13-11-9-8-10-12-14-16-18-26(2)3)20-21-30(28(29)32)22-24-35-37(33,34)36-25-23-31(4,5)6/h26-27H,7-25H2,1-6H3,(H2-,29,32,33,34). The number of primary amides is 1. The molecular formula is C28H60N3O5P. The number of amides is 2. The lowest BCUT2D eigenvalue weighted by Gasteiger charge is -2.28. The Morgan fingerprint density at radius 3 is 1.78 bits per heavy atom. The van der Waals surface area contributed by atoms with Crippen LogP contribution in [0, 0.1) is 11.8 Å². The molecule has 8 nitrogen and oxygen atoms in total. The maximum atomic E-state index is 11.9. The average molecular weight is 550 g/mol. The highest BCUT2D eigenvalue weighted by Crippen LogP contribution is 2.37. The van der Waals surface area contributed by atoms with Gasteiger partial charge >= 0.3 is 6.03 Å². The number of unbranched alkanes of at least 4 members (excludes halogenated alkanes) is 9. The molecule has 2 amide bonds. The first-order valence-corrected chi connectivity index (χ1v) is 16.3. The van der Waals surface area contributed by atoms with Crippen LogP contribution in [-0.2, 0) is 13.6 Å². The van der Waals surface area contributed by atoms with Gasteiger partial charge in [0, 0.05) is 13.1 Å². The molecule has 0 aromatic rings. The number of phosphoric acid groups is 1. The van der Waals surface area contributed by atoms with Gasteiger partial charge in [-0.15, -0.1) is 0 Å². The predicted molar refractivity (Wildman–Crippen MR) is 152 cm³/mol. The summed E-state index contributed by atoms with van der Waals surface area (Å²) in [4.78, 5) is 25.2. The molecule has 0 aromatic heterocycles. The molecule has 222 valence electrons. The van der Waals surface area contributed by atoms with Crippen molar-refractivity contribution >= 4 is 13.9 Å². The molecule has 0 aromatic carbocycles. The second kappa shape index (κ2) is 21.2. The van der Waals surface area contributed by atoms with Gasteiger partial charge in [0.25, 0.3) is 7.82 Å². The van der Waals surface area contributed by atoms with Crippen LogP contribution in [0.4, 0.5) is 4.79 Å². The van der Waals surface area contributed by atoms with E-state index in [1.165, 1.54) is 75.5 Å². The second-order valence-corrected chi connectivity index (χ2v) is 13.4. The molecule has 0 aliphatic carbocycles. The number of urea groups is 1. The van der Waals surface area contributed by atoms with E-state index in [1.54, 1.807) is 0 Å². The number of phosphoric ester groups is 1. The van der Waals surface area contributed by atoms with Crippen LogP contribution in [0.2, 0.25) is 0 Å². The number of rotatable bonds is 25. The van der Waals surface area contributed by atoms with Crippen LogP contribution in [0.3, 0.4) is 0 Å². The van der Waals surface area contributed by atoms with Crippen molar-refractivity contribution in [2.45, 2.75) is 111 Å². The first-order chi connectivity index (χ1) is 17.4. The van der Waals surface area contributed by atoms with Gasteiger partial charge in [0.1, 0.15) is 13.2 Å². The molecule has 0 aliphatic rings. The molecule has 0 fully saturated rings. The van der Waals surface area contributed by atoms with Crippen molar-refractivity contribution in [3.05, 3.63) is 0 Å².